The minimum atomic E-state index is 0.408. The number of rotatable bonds is 2. The zero-order chi connectivity index (χ0) is 13.9. The first kappa shape index (κ1) is 13.1. The van der Waals surface area contributed by atoms with E-state index in [0.29, 0.717) is 16.0 Å². The molecule has 0 amide bonds. The second-order valence-corrected chi connectivity index (χ2v) is 5.07. The Morgan fingerprint density at radius 1 is 0.850 bits per heavy atom. The number of benzene rings is 2. The Labute approximate surface area is 126 Å². The molecule has 20 heavy (non-hydrogen) atoms. The number of hydrogen-bond acceptors (Lipinski definition) is 2. The summed E-state index contributed by atoms with van der Waals surface area (Å²) in [6.45, 7) is 0. The Morgan fingerprint density at radius 3 is 2.45 bits per heavy atom. The number of aromatic nitrogens is 2. The van der Waals surface area contributed by atoms with Crippen molar-refractivity contribution < 1.29 is 0 Å². The summed E-state index contributed by atoms with van der Waals surface area (Å²) < 4.78 is 0. The van der Waals surface area contributed by atoms with Crippen molar-refractivity contribution in [2.45, 2.75) is 0 Å². The van der Waals surface area contributed by atoms with Crippen LogP contribution in [0.25, 0.3) is 23.1 Å². The third-order valence-electron chi connectivity index (χ3n) is 2.85. The molecular weight excluding hydrogens is 291 g/mol. The molecule has 2 aromatic carbocycles. The van der Waals surface area contributed by atoms with Crippen LogP contribution < -0.4 is 0 Å². The number of hydrogen-bond donors (Lipinski definition) is 0. The molecule has 0 radical (unpaired) electrons. The molecule has 1 heterocycles. The van der Waals surface area contributed by atoms with E-state index in [2.05, 4.69) is 9.97 Å². The Hall–Kier alpha value is -1.90. The van der Waals surface area contributed by atoms with Gasteiger partial charge in [-0.2, -0.15) is 0 Å². The summed E-state index contributed by atoms with van der Waals surface area (Å²) in [5.74, 6) is 0.577. The van der Waals surface area contributed by atoms with Gasteiger partial charge >= 0.3 is 0 Å². The molecule has 2 nitrogen and oxygen atoms in total. The lowest BCUT2D eigenvalue weighted by Gasteiger charge is -2.02. The molecule has 0 bridgehead atoms. The zero-order valence-electron chi connectivity index (χ0n) is 10.4. The molecule has 4 heteroatoms. The van der Waals surface area contributed by atoms with Crippen molar-refractivity contribution >= 4 is 46.3 Å². The maximum Gasteiger partial charge on any atom is 0.154 e. The van der Waals surface area contributed by atoms with E-state index < -0.39 is 0 Å². The first-order valence-corrected chi connectivity index (χ1v) is 6.84. The third kappa shape index (κ3) is 2.82. The van der Waals surface area contributed by atoms with Crippen LogP contribution in [-0.2, 0) is 0 Å². The van der Waals surface area contributed by atoms with Gasteiger partial charge in [0, 0.05) is 10.4 Å². The molecule has 0 N–H and O–H groups in total. The van der Waals surface area contributed by atoms with E-state index in [1.54, 1.807) is 12.1 Å². The van der Waals surface area contributed by atoms with Crippen LogP contribution in [-0.4, -0.2) is 9.97 Å². The second-order valence-electron chi connectivity index (χ2n) is 4.28. The monoisotopic (exact) mass is 300 g/mol. The van der Waals surface area contributed by atoms with E-state index >= 15 is 0 Å². The van der Waals surface area contributed by atoms with Gasteiger partial charge in [0.1, 0.15) is 5.15 Å². The molecule has 0 atom stereocenters. The van der Waals surface area contributed by atoms with E-state index in [-0.39, 0.29) is 0 Å². The van der Waals surface area contributed by atoms with Crippen LogP contribution in [0.4, 0.5) is 0 Å². The topological polar surface area (TPSA) is 25.8 Å². The molecular formula is C16H10Cl2N2. The largest absolute Gasteiger partial charge is 0.229 e. The van der Waals surface area contributed by atoms with Gasteiger partial charge in [0.05, 0.1) is 5.52 Å². The highest BCUT2D eigenvalue weighted by molar-refractivity contribution is 6.35. The quantitative estimate of drug-likeness (QED) is 0.615. The maximum absolute atomic E-state index is 6.17. The van der Waals surface area contributed by atoms with E-state index in [4.69, 9.17) is 23.2 Å². The third-order valence-corrected chi connectivity index (χ3v) is 3.38. The lowest BCUT2D eigenvalue weighted by molar-refractivity contribution is 1.19. The Bertz CT molecular complexity index is 783. The fourth-order valence-corrected chi connectivity index (χ4v) is 2.30. The van der Waals surface area contributed by atoms with Gasteiger partial charge in [-0.3, -0.25) is 0 Å². The molecule has 0 aliphatic rings. The lowest BCUT2D eigenvalue weighted by Crippen LogP contribution is -1.90. The average Bonchev–Trinajstić information content (AvgIpc) is 2.47. The standard InChI is InChI=1S/C16H10Cl2N2/c17-12-7-8-14-13(10-12)16(18)20-15(19-14)9-6-11-4-2-1-3-5-11/h1-10H/b9-6+. The molecule has 0 aliphatic heterocycles. The summed E-state index contributed by atoms with van der Waals surface area (Å²) in [5.41, 5.74) is 1.87. The Balaban J connectivity index is 2.01. The molecule has 0 unspecified atom stereocenters. The van der Waals surface area contributed by atoms with E-state index in [1.165, 1.54) is 0 Å². The van der Waals surface area contributed by atoms with Crippen LogP contribution in [0.5, 0.6) is 0 Å². The minimum Gasteiger partial charge on any atom is -0.229 e. The molecule has 0 aliphatic carbocycles. The van der Waals surface area contributed by atoms with Crippen molar-refractivity contribution in [3.8, 4) is 0 Å². The fourth-order valence-electron chi connectivity index (χ4n) is 1.89. The van der Waals surface area contributed by atoms with Crippen molar-refractivity contribution in [2.75, 3.05) is 0 Å². The number of nitrogens with zero attached hydrogens (tertiary/aromatic N) is 2. The Kier molecular flexibility index (Phi) is 3.68. The summed E-state index contributed by atoms with van der Waals surface area (Å²) in [6.07, 6.45) is 3.79. The molecule has 1 aromatic heterocycles. The molecule has 0 saturated heterocycles. The first-order valence-electron chi connectivity index (χ1n) is 6.08. The highest BCUT2D eigenvalue weighted by Gasteiger charge is 2.04. The normalized spacial score (nSPS) is 11.3. The van der Waals surface area contributed by atoms with Gasteiger partial charge in [0.2, 0.25) is 0 Å². The smallest absolute Gasteiger partial charge is 0.154 e. The van der Waals surface area contributed by atoms with Gasteiger partial charge < -0.3 is 0 Å². The van der Waals surface area contributed by atoms with Crippen molar-refractivity contribution in [3.05, 3.63) is 70.1 Å². The predicted molar refractivity (Wildman–Crippen MR) is 84.9 cm³/mol. The van der Waals surface area contributed by atoms with E-state index in [1.807, 2.05) is 48.6 Å². The van der Waals surface area contributed by atoms with Crippen LogP contribution >= 0.6 is 23.2 Å². The lowest BCUT2D eigenvalue weighted by atomic mass is 10.2. The van der Waals surface area contributed by atoms with Crippen LogP contribution in [0.2, 0.25) is 10.2 Å². The van der Waals surface area contributed by atoms with Gasteiger partial charge in [-0.15, -0.1) is 0 Å². The second kappa shape index (κ2) is 5.61. The number of halogens is 2. The van der Waals surface area contributed by atoms with Crippen LogP contribution in [0.1, 0.15) is 11.4 Å². The van der Waals surface area contributed by atoms with Crippen molar-refractivity contribution in [2.24, 2.45) is 0 Å². The van der Waals surface area contributed by atoms with Gasteiger partial charge in [-0.1, -0.05) is 59.6 Å². The van der Waals surface area contributed by atoms with E-state index in [9.17, 15) is 0 Å². The van der Waals surface area contributed by atoms with Gasteiger partial charge in [0.15, 0.2) is 5.82 Å². The van der Waals surface area contributed by atoms with Gasteiger partial charge in [-0.05, 0) is 29.8 Å². The Morgan fingerprint density at radius 2 is 1.65 bits per heavy atom. The number of fused-ring (bicyclic) bond motifs is 1. The van der Waals surface area contributed by atoms with Crippen LogP contribution in [0.3, 0.4) is 0 Å². The molecule has 98 valence electrons. The van der Waals surface area contributed by atoms with Crippen molar-refractivity contribution in [1.29, 1.82) is 0 Å². The van der Waals surface area contributed by atoms with Crippen molar-refractivity contribution in [3.63, 3.8) is 0 Å². The minimum absolute atomic E-state index is 0.408. The zero-order valence-corrected chi connectivity index (χ0v) is 11.9. The van der Waals surface area contributed by atoms with Gasteiger partial charge in [0.25, 0.3) is 0 Å². The average molecular weight is 301 g/mol. The van der Waals surface area contributed by atoms with E-state index in [0.717, 1.165) is 16.5 Å². The summed E-state index contributed by atoms with van der Waals surface area (Å²) in [6, 6.07) is 15.4. The fraction of sp³-hybridized carbons (Fsp3) is 0. The molecule has 3 aromatic rings. The highest BCUT2D eigenvalue weighted by atomic mass is 35.5. The molecule has 3 rings (SSSR count). The molecule has 0 spiro atoms. The summed E-state index contributed by atoms with van der Waals surface area (Å²) in [4.78, 5) is 8.72. The predicted octanol–water partition coefficient (Wildman–Crippen LogP) is 5.11. The van der Waals surface area contributed by atoms with Gasteiger partial charge in [-0.25, -0.2) is 9.97 Å². The molecule has 0 fully saturated rings. The summed E-state index contributed by atoms with van der Waals surface area (Å²) in [7, 11) is 0. The summed E-state index contributed by atoms with van der Waals surface area (Å²) >= 11 is 12.1. The summed E-state index contributed by atoms with van der Waals surface area (Å²) in [5, 5.41) is 1.79. The van der Waals surface area contributed by atoms with Crippen LogP contribution in [0, 0.1) is 0 Å². The maximum atomic E-state index is 6.17. The molecule has 0 saturated carbocycles. The highest BCUT2D eigenvalue weighted by Crippen LogP contribution is 2.24. The SMILES string of the molecule is Clc1ccc2nc(/C=C/c3ccccc3)nc(Cl)c2c1. The first-order chi connectivity index (χ1) is 9.72. The van der Waals surface area contributed by atoms with Crippen LogP contribution in [0.15, 0.2) is 48.5 Å². The van der Waals surface area contributed by atoms with Crippen molar-refractivity contribution in [1.82, 2.24) is 9.97 Å².